The van der Waals surface area contributed by atoms with Crippen molar-refractivity contribution in [1.29, 1.82) is 0 Å². The van der Waals surface area contributed by atoms with Crippen molar-refractivity contribution in [1.82, 2.24) is 4.90 Å². The summed E-state index contributed by atoms with van der Waals surface area (Å²) in [6, 6.07) is 5.95. The van der Waals surface area contributed by atoms with Crippen molar-refractivity contribution in [2.75, 3.05) is 46.6 Å². The average molecular weight is 424 g/mol. The van der Waals surface area contributed by atoms with Crippen LogP contribution in [0.15, 0.2) is 24.3 Å². The number of nitrogens with zero attached hydrogens (tertiary/aromatic N) is 1. The first-order valence-electron chi connectivity index (χ1n) is 10.1. The Balaban J connectivity index is 0.000000656. The second-order valence-corrected chi connectivity index (χ2v) is 7.03. The van der Waals surface area contributed by atoms with Crippen LogP contribution in [0.3, 0.4) is 0 Å². The fraction of sp³-hybridized carbons (Fsp3) is 0.545. The first-order chi connectivity index (χ1) is 14.4. The minimum absolute atomic E-state index is 0.537. The number of methoxy groups -OCH3 is 1. The molecule has 0 bridgehead atoms. The van der Waals surface area contributed by atoms with Gasteiger partial charge in [0.1, 0.15) is 6.61 Å². The van der Waals surface area contributed by atoms with E-state index in [1.165, 1.54) is 25.9 Å². The topological polar surface area (TPSA) is 106 Å². The Morgan fingerprint density at radius 3 is 2.50 bits per heavy atom. The summed E-state index contributed by atoms with van der Waals surface area (Å²) in [4.78, 5) is 20.7. The summed E-state index contributed by atoms with van der Waals surface area (Å²) < 4.78 is 16.9. The highest BCUT2D eigenvalue weighted by atomic mass is 16.5. The maximum Gasteiger partial charge on any atom is 0.414 e. The van der Waals surface area contributed by atoms with Gasteiger partial charge in [-0.05, 0) is 49.9 Å². The number of likely N-dealkylation sites (tertiary alicyclic amines) is 1. The maximum absolute atomic E-state index is 9.10. The summed E-state index contributed by atoms with van der Waals surface area (Å²) >= 11 is 0. The Labute approximate surface area is 178 Å². The molecule has 1 aliphatic heterocycles. The van der Waals surface area contributed by atoms with Crippen LogP contribution in [0.2, 0.25) is 0 Å². The summed E-state index contributed by atoms with van der Waals surface area (Å²) in [7, 11) is 1.66. The van der Waals surface area contributed by atoms with Gasteiger partial charge in [0, 0.05) is 13.1 Å². The number of carboxylic acids is 2. The molecule has 30 heavy (non-hydrogen) atoms. The molecule has 168 valence electrons. The third-order valence-corrected chi connectivity index (χ3v) is 4.51. The first kappa shape index (κ1) is 25.5. The van der Waals surface area contributed by atoms with Crippen LogP contribution in [0.1, 0.15) is 32.3 Å². The molecule has 1 atom stereocenters. The third kappa shape index (κ3) is 10.3. The number of aliphatic carboxylic acids is 2. The normalized spacial score (nSPS) is 16.6. The molecule has 1 aromatic carbocycles. The molecule has 0 aromatic heterocycles. The monoisotopic (exact) mass is 423 g/mol. The third-order valence-electron chi connectivity index (χ3n) is 4.51. The van der Waals surface area contributed by atoms with E-state index in [1.807, 2.05) is 37.3 Å². The van der Waals surface area contributed by atoms with Crippen LogP contribution in [-0.2, 0) is 14.3 Å². The smallest absolute Gasteiger partial charge is 0.414 e. The molecule has 0 radical (unpaired) electrons. The number of rotatable bonds is 9. The largest absolute Gasteiger partial charge is 0.493 e. The molecule has 2 rings (SSSR count). The number of ether oxygens (including phenoxy) is 3. The van der Waals surface area contributed by atoms with Crippen LogP contribution >= 0.6 is 0 Å². The summed E-state index contributed by atoms with van der Waals surface area (Å²) in [5.74, 6) is -1.31. The van der Waals surface area contributed by atoms with Crippen LogP contribution in [0.25, 0.3) is 6.08 Å². The molecule has 1 saturated heterocycles. The highest BCUT2D eigenvalue weighted by Gasteiger charge is 2.15. The van der Waals surface area contributed by atoms with E-state index in [0.29, 0.717) is 13.2 Å². The second-order valence-electron chi connectivity index (χ2n) is 7.03. The van der Waals surface area contributed by atoms with E-state index in [4.69, 9.17) is 34.0 Å². The lowest BCUT2D eigenvalue weighted by Crippen LogP contribution is -2.36. The van der Waals surface area contributed by atoms with Gasteiger partial charge < -0.3 is 29.3 Å². The number of hydrogen-bond acceptors (Lipinski definition) is 6. The lowest BCUT2D eigenvalue weighted by molar-refractivity contribution is -0.159. The second kappa shape index (κ2) is 14.4. The van der Waals surface area contributed by atoms with Crippen molar-refractivity contribution >= 4 is 18.0 Å². The van der Waals surface area contributed by atoms with Gasteiger partial charge >= 0.3 is 11.9 Å². The van der Waals surface area contributed by atoms with Crippen LogP contribution < -0.4 is 9.47 Å². The predicted molar refractivity (Wildman–Crippen MR) is 114 cm³/mol. The Kier molecular flexibility index (Phi) is 12.2. The minimum atomic E-state index is -1.82. The molecule has 8 heteroatoms. The molecule has 1 unspecified atom stereocenters. The fourth-order valence-electron chi connectivity index (χ4n) is 3.10. The average Bonchev–Trinajstić information content (AvgIpc) is 2.72. The van der Waals surface area contributed by atoms with E-state index in [2.05, 4.69) is 11.8 Å². The van der Waals surface area contributed by atoms with Gasteiger partial charge in [0.05, 0.1) is 20.3 Å². The van der Waals surface area contributed by atoms with Crippen molar-refractivity contribution in [3.05, 3.63) is 29.8 Å². The van der Waals surface area contributed by atoms with E-state index in [1.54, 1.807) is 7.11 Å². The van der Waals surface area contributed by atoms with Gasteiger partial charge in [0.2, 0.25) is 0 Å². The van der Waals surface area contributed by atoms with E-state index in [-0.39, 0.29) is 0 Å². The van der Waals surface area contributed by atoms with Gasteiger partial charge in [-0.3, -0.25) is 0 Å². The molecule has 0 saturated carbocycles. The fourth-order valence-corrected chi connectivity index (χ4v) is 3.10. The summed E-state index contributed by atoms with van der Waals surface area (Å²) in [6.45, 7) is 9.67. The molecule has 1 aliphatic rings. The SMILES string of the molecule is CC=Cc1ccc(OCCOCCN2CCCC(C)C2)c(OC)c1.O=C(O)C(=O)O. The van der Waals surface area contributed by atoms with Crippen LogP contribution in [0.4, 0.5) is 0 Å². The number of carboxylic acid groups (broad SMARTS) is 2. The minimum Gasteiger partial charge on any atom is -0.493 e. The van der Waals surface area contributed by atoms with Crippen LogP contribution in [0.5, 0.6) is 11.5 Å². The highest BCUT2D eigenvalue weighted by Crippen LogP contribution is 2.28. The molecular formula is C22H33NO7. The number of hydrogen-bond donors (Lipinski definition) is 2. The van der Waals surface area contributed by atoms with E-state index in [9.17, 15) is 0 Å². The van der Waals surface area contributed by atoms with Gasteiger partial charge in [-0.2, -0.15) is 0 Å². The summed E-state index contributed by atoms with van der Waals surface area (Å²) in [5.41, 5.74) is 1.11. The van der Waals surface area contributed by atoms with Crippen molar-refractivity contribution < 1.29 is 34.0 Å². The predicted octanol–water partition coefficient (Wildman–Crippen LogP) is 3.01. The van der Waals surface area contributed by atoms with Crippen molar-refractivity contribution in [2.24, 2.45) is 5.92 Å². The molecule has 1 fully saturated rings. The molecular weight excluding hydrogens is 390 g/mol. The zero-order valence-electron chi connectivity index (χ0n) is 18.0. The van der Waals surface area contributed by atoms with Crippen LogP contribution in [-0.4, -0.2) is 73.6 Å². The summed E-state index contributed by atoms with van der Waals surface area (Å²) in [5, 5.41) is 14.8. The van der Waals surface area contributed by atoms with Gasteiger partial charge in [-0.25, -0.2) is 9.59 Å². The number of piperidine rings is 1. The molecule has 1 aromatic rings. The van der Waals surface area contributed by atoms with E-state index < -0.39 is 11.9 Å². The van der Waals surface area contributed by atoms with Crippen LogP contribution in [0, 0.1) is 5.92 Å². The Bertz CT molecular complexity index is 678. The molecule has 0 amide bonds. The lowest BCUT2D eigenvalue weighted by Gasteiger charge is -2.30. The quantitative estimate of drug-likeness (QED) is 0.461. The Hall–Kier alpha value is -2.58. The number of carbonyl (C=O) groups is 2. The molecule has 0 aliphatic carbocycles. The molecule has 8 nitrogen and oxygen atoms in total. The van der Waals surface area contributed by atoms with Crippen molar-refractivity contribution in [3.8, 4) is 11.5 Å². The lowest BCUT2D eigenvalue weighted by atomic mass is 10.0. The number of allylic oxidation sites excluding steroid dienone is 1. The molecule has 2 N–H and O–H groups in total. The van der Waals surface area contributed by atoms with Gasteiger partial charge in [0.15, 0.2) is 11.5 Å². The zero-order valence-corrected chi connectivity index (χ0v) is 18.0. The first-order valence-corrected chi connectivity index (χ1v) is 10.1. The standard InChI is InChI=1S/C20H31NO3.C2H2O4/c1-4-6-18-8-9-19(20(15-18)22-3)24-14-13-23-12-11-21-10-5-7-17(2)16-21;3-1(4)2(5)6/h4,6,8-9,15,17H,5,7,10-14,16H2,1-3H3;(H,3,4)(H,5,6). The summed E-state index contributed by atoms with van der Waals surface area (Å²) in [6.07, 6.45) is 6.72. The van der Waals surface area contributed by atoms with Gasteiger partial charge in [-0.1, -0.05) is 25.1 Å². The zero-order chi connectivity index (χ0) is 22.4. The highest BCUT2D eigenvalue weighted by molar-refractivity contribution is 6.27. The maximum atomic E-state index is 9.10. The van der Waals surface area contributed by atoms with Crippen molar-refractivity contribution in [2.45, 2.75) is 26.7 Å². The van der Waals surface area contributed by atoms with Gasteiger partial charge in [0.25, 0.3) is 0 Å². The van der Waals surface area contributed by atoms with E-state index >= 15 is 0 Å². The Morgan fingerprint density at radius 2 is 1.90 bits per heavy atom. The molecule has 0 spiro atoms. The van der Waals surface area contributed by atoms with Crippen molar-refractivity contribution in [3.63, 3.8) is 0 Å². The Morgan fingerprint density at radius 1 is 1.17 bits per heavy atom. The van der Waals surface area contributed by atoms with E-state index in [0.717, 1.165) is 36.1 Å². The number of benzene rings is 1. The molecule has 1 heterocycles. The van der Waals surface area contributed by atoms with Gasteiger partial charge in [-0.15, -0.1) is 0 Å².